The highest BCUT2D eigenvalue weighted by Gasteiger charge is 2.15. The van der Waals surface area contributed by atoms with E-state index >= 15 is 0 Å². The summed E-state index contributed by atoms with van der Waals surface area (Å²) in [6.07, 6.45) is 11.2. The smallest absolute Gasteiger partial charge is 0.251 e. The van der Waals surface area contributed by atoms with Crippen LogP contribution in [0.15, 0.2) is 60.3 Å². The van der Waals surface area contributed by atoms with Gasteiger partial charge in [0.15, 0.2) is 0 Å². The molecule has 24 heavy (non-hydrogen) atoms. The molecule has 1 amide bonds. The first kappa shape index (κ1) is 17.3. The number of carbonyl (C=O) groups is 1. The Morgan fingerprint density at radius 1 is 1.46 bits per heavy atom. The predicted molar refractivity (Wildman–Crippen MR) is 94.6 cm³/mol. The SMILES string of the molecule is C=C(/C(=C\NC)NC(=O)C1=CC=C(OC)C=CC1)c1ncc(C)[nH]1. The van der Waals surface area contributed by atoms with Gasteiger partial charge in [-0.15, -0.1) is 0 Å². The van der Waals surface area contributed by atoms with Crippen LogP contribution in [0.3, 0.4) is 0 Å². The molecule has 2 rings (SSSR count). The van der Waals surface area contributed by atoms with Crippen molar-refractivity contribution in [3.8, 4) is 0 Å². The number of H-pyrrole nitrogens is 1. The number of ether oxygens (including phenoxy) is 1. The zero-order valence-electron chi connectivity index (χ0n) is 14.1. The van der Waals surface area contributed by atoms with Crippen molar-refractivity contribution in [2.24, 2.45) is 0 Å². The standard InChI is InChI=1S/C18H22N4O2/c1-12-10-20-17(21-12)13(2)16(11-19-3)22-18(23)14-6-5-7-15(24-4)9-8-14/h5,7-11,19H,2,6H2,1,3-4H3,(H,20,21)(H,22,23)/b16-11+. The number of imidazole rings is 1. The highest BCUT2D eigenvalue weighted by molar-refractivity contribution is 5.97. The van der Waals surface area contributed by atoms with Gasteiger partial charge in [-0.2, -0.15) is 0 Å². The van der Waals surface area contributed by atoms with E-state index in [1.807, 2.05) is 19.1 Å². The van der Waals surface area contributed by atoms with Gasteiger partial charge in [0.2, 0.25) is 0 Å². The van der Waals surface area contributed by atoms with Crippen molar-refractivity contribution >= 4 is 11.5 Å². The van der Waals surface area contributed by atoms with E-state index in [0.717, 1.165) is 5.69 Å². The summed E-state index contributed by atoms with van der Waals surface area (Å²) in [4.78, 5) is 19.9. The van der Waals surface area contributed by atoms with E-state index in [1.54, 1.807) is 38.7 Å². The molecule has 0 radical (unpaired) electrons. The van der Waals surface area contributed by atoms with E-state index in [-0.39, 0.29) is 5.91 Å². The molecule has 0 spiro atoms. The molecule has 1 aliphatic rings. The molecular formula is C18H22N4O2. The molecule has 0 fully saturated rings. The number of aromatic amines is 1. The molecular weight excluding hydrogens is 304 g/mol. The van der Waals surface area contributed by atoms with Crippen molar-refractivity contribution in [1.82, 2.24) is 20.6 Å². The minimum atomic E-state index is -0.195. The van der Waals surface area contributed by atoms with Gasteiger partial charge in [-0.05, 0) is 31.6 Å². The Labute approximate surface area is 141 Å². The van der Waals surface area contributed by atoms with Gasteiger partial charge in [-0.3, -0.25) is 4.79 Å². The summed E-state index contributed by atoms with van der Waals surface area (Å²) in [5.74, 6) is 1.13. The number of nitrogens with one attached hydrogen (secondary N) is 3. The average molecular weight is 326 g/mol. The molecule has 3 N–H and O–H groups in total. The molecule has 1 aromatic rings. The van der Waals surface area contributed by atoms with Crippen molar-refractivity contribution in [3.05, 3.63) is 71.8 Å². The molecule has 0 aliphatic heterocycles. The van der Waals surface area contributed by atoms with E-state index < -0.39 is 0 Å². The van der Waals surface area contributed by atoms with Crippen LogP contribution >= 0.6 is 0 Å². The second-order valence-corrected chi connectivity index (χ2v) is 5.27. The van der Waals surface area contributed by atoms with Crippen molar-refractivity contribution in [2.45, 2.75) is 13.3 Å². The number of aromatic nitrogens is 2. The summed E-state index contributed by atoms with van der Waals surface area (Å²) in [7, 11) is 3.35. The first-order chi connectivity index (χ1) is 11.5. The van der Waals surface area contributed by atoms with Gasteiger partial charge in [0.05, 0.1) is 12.8 Å². The maximum absolute atomic E-state index is 12.5. The Bertz CT molecular complexity index is 751. The number of amides is 1. The van der Waals surface area contributed by atoms with Crippen molar-refractivity contribution in [1.29, 1.82) is 0 Å². The van der Waals surface area contributed by atoms with Crippen LogP contribution in [-0.2, 0) is 9.53 Å². The molecule has 0 aromatic carbocycles. The third-order valence-electron chi connectivity index (χ3n) is 3.45. The van der Waals surface area contributed by atoms with Crippen LogP contribution in [0, 0.1) is 6.92 Å². The van der Waals surface area contributed by atoms with Crippen LogP contribution in [0.4, 0.5) is 0 Å². The van der Waals surface area contributed by atoms with E-state index in [1.165, 1.54) is 0 Å². The average Bonchev–Trinajstić information content (AvgIpc) is 2.86. The monoisotopic (exact) mass is 326 g/mol. The lowest BCUT2D eigenvalue weighted by Gasteiger charge is -2.12. The lowest BCUT2D eigenvalue weighted by molar-refractivity contribution is -0.116. The third-order valence-corrected chi connectivity index (χ3v) is 3.45. The van der Waals surface area contributed by atoms with Crippen LogP contribution in [0.1, 0.15) is 17.9 Å². The Hall–Kier alpha value is -3.02. The molecule has 0 saturated heterocycles. The Kier molecular flexibility index (Phi) is 5.78. The highest BCUT2D eigenvalue weighted by Crippen LogP contribution is 2.18. The summed E-state index contributed by atoms with van der Waals surface area (Å²) >= 11 is 0. The molecule has 126 valence electrons. The minimum absolute atomic E-state index is 0.195. The van der Waals surface area contributed by atoms with Gasteiger partial charge < -0.3 is 20.4 Å². The fraction of sp³-hybridized carbons (Fsp3) is 0.222. The molecule has 0 saturated carbocycles. The van der Waals surface area contributed by atoms with Crippen molar-refractivity contribution in [3.63, 3.8) is 0 Å². The number of nitrogens with zero attached hydrogens (tertiary/aromatic N) is 1. The van der Waals surface area contributed by atoms with E-state index in [0.29, 0.717) is 34.8 Å². The van der Waals surface area contributed by atoms with Crippen LogP contribution in [0.2, 0.25) is 0 Å². The zero-order chi connectivity index (χ0) is 17.5. The summed E-state index contributed by atoms with van der Waals surface area (Å²) in [5, 5.41) is 5.80. The quantitative estimate of drug-likeness (QED) is 0.701. The number of allylic oxidation sites excluding steroid dienone is 5. The summed E-state index contributed by atoms with van der Waals surface area (Å²) in [6.45, 7) is 5.93. The lowest BCUT2D eigenvalue weighted by Crippen LogP contribution is -2.26. The first-order valence-corrected chi connectivity index (χ1v) is 7.56. The maximum atomic E-state index is 12.5. The van der Waals surface area contributed by atoms with Crippen LogP contribution < -0.4 is 10.6 Å². The van der Waals surface area contributed by atoms with Gasteiger partial charge in [0.25, 0.3) is 5.91 Å². The Morgan fingerprint density at radius 2 is 2.25 bits per heavy atom. The van der Waals surface area contributed by atoms with Gasteiger partial charge in [0.1, 0.15) is 11.6 Å². The lowest BCUT2D eigenvalue weighted by atomic mass is 10.1. The minimum Gasteiger partial charge on any atom is -0.497 e. The molecule has 0 bridgehead atoms. The van der Waals surface area contributed by atoms with Gasteiger partial charge in [0, 0.05) is 36.3 Å². The summed E-state index contributed by atoms with van der Waals surface area (Å²) in [6, 6.07) is 0. The number of aryl methyl sites for hydroxylation is 1. The second-order valence-electron chi connectivity index (χ2n) is 5.27. The summed E-state index contributed by atoms with van der Waals surface area (Å²) < 4.78 is 5.17. The molecule has 1 aromatic heterocycles. The third kappa shape index (κ3) is 4.25. The molecule has 1 aliphatic carbocycles. The van der Waals surface area contributed by atoms with Crippen molar-refractivity contribution in [2.75, 3.05) is 14.2 Å². The van der Waals surface area contributed by atoms with Gasteiger partial charge >= 0.3 is 0 Å². The topological polar surface area (TPSA) is 79.0 Å². The number of rotatable bonds is 6. The molecule has 6 heteroatoms. The van der Waals surface area contributed by atoms with Crippen LogP contribution in [0.25, 0.3) is 5.57 Å². The molecule has 1 heterocycles. The van der Waals surface area contributed by atoms with Crippen LogP contribution in [0.5, 0.6) is 0 Å². The number of hydrogen-bond acceptors (Lipinski definition) is 4. The van der Waals surface area contributed by atoms with E-state index in [4.69, 9.17) is 4.74 Å². The first-order valence-electron chi connectivity index (χ1n) is 7.56. The largest absolute Gasteiger partial charge is 0.497 e. The van der Waals surface area contributed by atoms with E-state index in [2.05, 4.69) is 27.2 Å². The highest BCUT2D eigenvalue weighted by atomic mass is 16.5. The summed E-state index contributed by atoms with van der Waals surface area (Å²) in [5.41, 5.74) is 2.71. The van der Waals surface area contributed by atoms with Gasteiger partial charge in [-0.1, -0.05) is 12.7 Å². The fourth-order valence-electron chi connectivity index (χ4n) is 2.15. The molecule has 0 unspecified atom stereocenters. The number of carbonyl (C=O) groups excluding carboxylic acids is 1. The fourth-order valence-corrected chi connectivity index (χ4v) is 2.15. The Balaban J connectivity index is 2.16. The predicted octanol–water partition coefficient (Wildman–Crippen LogP) is 2.32. The second kappa shape index (κ2) is 8.01. The van der Waals surface area contributed by atoms with Gasteiger partial charge in [-0.25, -0.2) is 4.98 Å². The molecule has 6 nitrogen and oxygen atoms in total. The Morgan fingerprint density at radius 3 is 2.88 bits per heavy atom. The number of hydrogen-bond donors (Lipinski definition) is 3. The zero-order valence-corrected chi connectivity index (χ0v) is 14.1. The van der Waals surface area contributed by atoms with Crippen molar-refractivity contribution < 1.29 is 9.53 Å². The number of methoxy groups -OCH3 is 1. The van der Waals surface area contributed by atoms with Crippen LogP contribution in [-0.4, -0.2) is 30.0 Å². The maximum Gasteiger partial charge on any atom is 0.251 e. The van der Waals surface area contributed by atoms with E-state index in [9.17, 15) is 4.79 Å². The molecule has 0 atom stereocenters. The normalized spacial score (nSPS) is 14.4.